The standard InChI is InChI=1S/C22H20N6O2S2/c29-28(30)18-14-16(15-26-10-12-27(13-11-26)21-23-8-3-9-24-21)6-7-20(18)32-22-25-17-4-1-2-5-19(17)31-22/h1-9,14H,10-13,15H2. The molecule has 8 nitrogen and oxygen atoms in total. The number of hydrogen-bond acceptors (Lipinski definition) is 9. The van der Waals surface area contributed by atoms with Gasteiger partial charge in [0.1, 0.15) is 0 Å². The molecule has 0 radical (unpaired) electrons. The van der Waals surface area contributed by atoms with Gasteiger partial charge in [-0.25, -0.2) is 15.0 Å². The molecule has 1 aliphatic rings. The Bertz CT molecular complexity index is 1210. The molecule has 0 N–H and O–H groups in total. The van der Waals surface area contributed by atoms with Crippen LogP contribution in [0.3, 0.4) is 0 Å². The summed E-state index contributed by atoms with van der Waals surface area (Å²) in [5, 5.41) is 11.8. The van der Waals surface area contributed by atoms with Crippen molar-refractivity contribution < 1.29 is 4.92 Å². The van der Waals surface area contributed by atoms with E-state index in [1.165, 1.54) is 11.8 Å². The predicted molar refractivity (Wildman–Crippen MR) is 126 cm³/mol. The maximum atomic E-state index is 11.8. The first-order valence-corrected chi connectivity index (χ1v) is 11.8. The van der Waals surface area contributed by atoms with Crippen LogP contribution in [0.25, 0.3) is 10.2 Å². The van der Waals surface area contributed by atoms with Crippen molar-refractivity contribution in [1.82, 2.24) is 19.9 Å². The molecule has 10 heteroatoms. The SMILES string of the molecule is O=[N+]([O-])c1cc(CN2CCN(c3ncccn3)CC2)ccc1Sc1nc2ccccc2s1. The molecule has 1 fully saturated rings. The van der Waals surface area contributed by atoms with Gasteiger partial charge in [-0.05, 0) is 29.8 Å². The number of nitro benzene ring substituents is 1. The highest BCUT2D eigenvalue weighted by Crippen LogP contribution is 2.39. The molecule has 2 aromatic heterocycles. The molecule has 1 saturated heterocycles. The number of piperazine rings is 1. The lowest BCUT2D eigenvalue weighted by molar-refractivity contribution is -0.387. The van der Waals surface area contributed by atoms with Gasteiger partial charge in [-0.3, -0.25) is 15.0 Å². The van der Waals surface area contributed by atoms with Crippen LogP contribution in [0.1, 0.15) is 5.56 Å². The van der Waals surface area contributed by atoms with Crippen LogP contribution in [0.15, 0.2) is 70.2 Å². The summed E-state index contributed by atoms with van der Waals surface area (Å²) in [6, 6.07) is 15.2. The van der Waals surface area contributed by atoms with E-state index in [4.69, 9.17) is 0 Å². The van der Waals surface area contributed by atoms with Gasteiger partial charge in [0.25, 0.3) is 5.69 Å². The fourth-order valence-electron chi connectivity index (χ4n) is 3.70. The van der Waals surface area contributed by atoms with E-state index in [2.05, 4.69) is 24.8 Å². The van der Waals surface area contributed by atoms with Crippen LogP contribution in [0.4, 0.5) is 11.6 Å². The van der Waals surface area contributed by atoms with Crippen LogP contribution >= 0.6 is 23.1 Å². The molecule has 0 unspecified atom stereocenters. The van der Waals surface area contributed by atoms with Crippen LogP contribution in [-0.2, 0) is 6.54 Å². The highest BCUT2D eigenvalue weighted by atomic mass is 32.2. The highest BCUT2D eigenvalue weighted by Gasteiger charge is 2.21. The minimum Gasteiger partial charge on any atom is -0.338 e. The normalized spacial score (nSPS) is 14.7. The third-order valence-electron chi connectivity index (χ3n) is 5.31. The summed E-state index contributed by atoms with van der Waals surface area (Å²) in [4.78, 5) is 29.8. The fraction of sp³-hybridized carbons (Fsp3) is 0.227. The lowest BCUT2D eigenvalue weighted by Gasteiger charge is -2.34. The summed E-state index contributed by atoms with van der Waals surface area (Å²) in [5.74, 6) is 0.749. The summed E-state index contributed by atoms with van der Waals surface area (Å²) in [6.07, 6.45) is 3.50. The Hall–Kier alpha value is -3.08. The van der Waals surface area contributed by atoms with Crippen molar-refractivity contribution in [2.75, 3.05) is 31.1 Å². The van der Waals surface area contributed by atoms with E-state index < -0.39 is 0 Å². The second-order valence-electron chi connectivity index (χ2n) is 7.42. The molecule has 162 valence electrons. The Morgan fingerprint density at radius 2 is 1.81 bits per heavy atom. The van der Waals surface area contributed by atoms with Gasteiger partial charge in [-0.15, -0.1) is 11.3 Å². The molecule has 5 rings (SSSR count). The van der Waals surface area contributed by atoms with E-state index in [-0.39, 0.29) is 10.6 Å². The number of anilines is 1. The van der Waals surface area contributed by atoms with Crippen molar-refractivity contribution in [2.24, 2.45) is 0 Å². The maximum absolute atomic E-state index is 11.8. The van der Waals surface area contributed by atoms with E-state index >= 15 is 0 Å². The van der Waals surface area contributed by atoms with Crippen LogP contribution in [-0.4, -0.2) is 51.0 Å². The number of para-hydroxylation sites is 1. The van der Waals surface area contributed by atoms with Gasteiger partial charge in [-0.2, -0.15) is 0 Å². The number of benzene rings is 2. The minimum absolute atomic E-state index is 0.128. The molecule has 0 spiro atoms. The fourth-order valence-corrected chi connectivity index (χ4v) is 5.81. The molecule has 1 aliphatic heterocycles. The molecule has 2 aromatic carbocycles. The zero-order valence-corrected chi connectivity index (χ0v) is 18.8. The van der Waals surface area contributed by atoms with E-state index in [0.29, 0.717) is 11.4 Å². The number of thiazole rings is 1. The first kappa shape index (κ1) is 20.8. The predicted octanol–water partition coefficient (Wildman–Crippen LogP) is 4.47. The average molecular weight is 465 g/mol. The topological polar surface area (TPSA) is 88.3 Å². The molecule has 0 atom stereocenters. The number of aromatic nitrogens is 3. The zero-order valence-electron chi connectivity index (χ0n) is 17.1. The van der Waals surface area contributed by atoms with Crippen LogP contribution in [0.5, 0.6) is 0 Å². The van der Waals surface area contributed by atoms with Crippen LogP contribution in [0, 0.1) is 10.1 Å². The monoisotopic (exact) mass is 464 g/mol. The third-order valence-corrected chi connectivity index (χ3v) is 7.47. The number of rotatable bonds is 6. The second-order valence-corrected chi connectivity index (χ2v) is 9.74. The van der Waals surface area contributed by atoms with E-state index in [9.17, 15) is 10.1 Å². The molecule has 3 heterocycles. The van der Waals surface area contributed by atoms with Crippen LogP contribution < -0.4 is 4.90 Å². The second kappa shape index (κ2) is 9.19. The molecule has 4 aromatic rings. The number of nitrogens with zero attached hydrogens (tertiary/aromatic N) is 6. The molecular formula is C22H20N6O2S2. The van der Waals surface area contributed by atoms with Gasteiger partial charge >= 0.3 is 0 Å². The Morgan fingerprint density at radius 3 is 2.56 bits per heavy atom. The van der Waals surface area contributed by atoms with Gasteiger partial charge in [0.05, 0.1) is 20.0 Å². The minimum atomic E-state index is -0.302. The van der Waals surface area contributed by atoms with Crippen molar-refractivity contribution in [2.45, 2.75) is 15.8 Å². The van der Waals surface area contributed by atoms with Gasteiger partial charge in [0.2, 0.25) is 5.95 Å². The summed E-state index contributed by atoms with van der Waals surface area (Å²) < 4.78 is 1.88. The van der Waals surface area contributed by atoms with Crippen molar-refractivity contribution in [3.63, 3.8) is 0 Å². The average Bonchev–Trinajstić information content (AvgIpc) is 3.23. The largest absolute Gasteiger partial charge is 0.338 e. The lowest BCUT2D eigenvalue weighted by Crippen LogP contribution is -2.46. The smallest absolute Gasteiger partial charge is 0.283 e. The third kappa shape index (κ3) is 4.57. The summed E-state index contributed by atoms with van der Waals surface area (Å²) in [6.45, 7) is 4.05. The van der Waals surface area contributed by atoms with Gasteiger partial charge in [0.15, 0.2) is 4.34 Å². The molecule has 0 amide bonds. The molecule has 0 aliphatic carbocycles. The Kier molecular flexibility index (Phi) is 5.97. The summed E-state index contributed by atoms with van der Waals surface area (Å²) in [5.41, 5.74) is 1.98. The van der Waals surface area contributed by atoms with Crippen LogP contribution in [0.2, 0.25) is 0 Å². The van der Waals surface area contributed by atoms with Gasteiger partial charge < -0.3 is 4.90 Å². The Morgan fingerprint density at radius 1 is 1.03 bits per heavy atom. The van der Waals surface area contributed by atoms with E-state index in [0.717, 1.165) is 52.2 Å². The quantitative estimate of drug-likeness (QED) is 0.305. The van der Waals surface area contributed by atoms with Gasteiger partial charge in [0, 0.05) is 51.2 Å². The summed E-state index contributed by atoms with van der Waals surface area (Å²) >= 11 is 2.90. The molecule has 0 bridgehead atoms. The highest BCUT2D eigenvalue weighted by molar-refractivity contribution is 8.01. The van der Waals surface area contributed by atoms with Gasteiger partial charge in [-0.1, -0.05) is 30.0 Å². The zero-order chi connectivity index (χ0) is 21.9. The summed E-state index contributed by atoms with van der Waals surface area (Å²) in [7, 11) is 0. The van der Waals surface area contributed by atoms with Crippen molar-refractivity contribution in [1.29, 1.82) is 0 Å². The molecular weight excluding hydrogens is 444 g/mol. The molecule has 0 saturated carbocycles. The first-order chi connectivity index (χ1) is 15.7. The van der Waals surface area contributed by atoms with E-state index in [1.807, 2.05) is 42.5 Å². The number of fused-ring (bicyclic) bond motifs is 1. The van der Waals surface area contributed by atoms with Crippen molar-refractivity contribution in [3.8, 4) is 0 Å². The first-order valence-electron chi connectivity index (χ1n) is 10.2. The lowest BCUT2D eigenvalue weighted by atomic mass is 10.1. The Labute approximate surface area is 193 Å². The number of nitro groups is 1. The number of hydrogen-bond donors (Lipinski definition) is 0. The van der Waals surface area contributed by atoms with Crippen molar-refractivity contribution in [3.05, 3.63) is 76.6 Å². The van der Waals surface area contributed by atoms with Crippen molar-refractivity contribution >= 4 is 45.0 Å². The van der Waals surface area contributed by atoms with E-state index in [1.54, 1.807) is 29.8 Å². The maximum Gasteiger partial charge on any atom is 0.283 e. The molecule has 32 heavy (non-hydrogen) atoms. The Balaban J connectivity index is 1.27.